The van der Waals surface area contributed by atoms with Crippen LogP contribution in [0.15, 0.2) is 12.1 Å². The molecule has 1 fully saturated rings. The Kier molecular flexibility index (Phi) is 3.18. The minimum atomic E-state index is -1.14. The smallest absolute Gasteiger partial charge is 0.336 e. The van der Waals surface area contributed by atoms with E-state index in [2.05, 4.69) is 0 Å². The van der Waals surface area contributed by atoms with Crippen molar-refractivity contribution in [3.8, 4) is 0 Å². The standard InChI is InChI=1S/C12H14N2O4/c1-8-6-10(13-4-2-3-5-13)11(14(17)18)7-9(8)12(15)16/h6-7H,2-5H2,1H3,(H,15,16). The van der Waals surface area contributed by atoms with Gasteiger partial charge in [-0.25, -0.2) is 4.79 Å². The van der Waals surface area contributed by atoms with Crippen molar-refractivity contribution in [3.63, 3.8) is 0 Å². The third kappa shape index (κ3) is 2.13. The number of hydrogen-bond donors (Lipinski definition) is 1. The zero-order valence-electron chi connectivity index (χ0n) is 10.0. The molecule has 0 atom stereocenters. The Balaban J connectivity index is 2.54. The Labute approximate surface area is 104 Å². The molecule has 18 heavy (non-hydrogen) atoms. The number of carboxylic acids is 1. The van der Waals surface area contributed by atoms with Gasteiger partial charge in [-0.15, -0.1) is 0 Å². The van der Waals surface area contributed by atoms with Gasteiger partial charge in [0, 0.05) is 19.2 Å². The van der Waals surface area contributed by atoms with Crippen molar-refractivity contribution in [2.45, 2.75) is 19.8 Å². The summed E-state index contributed by atoms with van der Waals surface area (Å²) in [6, 6.07) is 2.76. The molecule has 2 rings (SSSR count). The molecule has 0 unspecified atom stereocenters. The molecular formula is C12H14N2O4. The average Bonchev–Trinajstić information content (AvgIpc) is 2.80. The number of rotatable bonds is 3. The van der Waals surface area contributed by atoms with Crippen molar-refractivity contribution in [3.05, 3.63) is 33.4 Å². The number of benzene rings is 1. The first-order valence-corrected chi connectivity index (χ1v) is 5.78. The molecular weight excluding hydrogens is 236 g/mol. The Morgan fingerprint density at radius 3 is 2.50 bits per heavy atom. The number of carboxylic acid groups (broad SMARTS) is 1. The van der Waals surface area contributed by atoms with E-state index in [0.29, 0.717) is 11.3 Å². The Hall–Kier alpha value is -2.11. The summed E-state index contributed by atoms with van der Waals surface area (Å²) in [5.74, 6) is -1.14. The van der Waals surface area contributed by atoms with E-state index in [9.17, 15) is 14.9 Å². The molecule has 0 aromatic heterocycles. The fourth-order valence-electron chi connectivity index (χ4n) is 2.27. The summed E-state index contributed by atoms with van der Waals surface area (Å²) in [5, 5.41) is 20.0. The van der Waals surface area contributed by atoms with Crippen LogP contribution >= 0.6 is 0 Å². The number of nitrogens with zero attached hydrogens (tertiary/aromatic N) is 2. The lowest BCUT2D eigenvalue weighted by molar-refractivity contribution is -0.384. The van der Waals surface area contributed by atoms with Crippen LogP contribution in [-0.2, 0) is 0 Å². The lowest BCUT2D eigenvalue weighted by Gasteiger charge is -2.18. The molecule has 1 aromatic carbocycles. The predicted octanol–water partition coefficient (Wildman–Crippen LogP) is 2.20. The number of carbonyl (C=O) groups is 1. The van der Waals surface area contributed by atoms with Crippen LogP contribution in [0.5, 0.6) is 0 Å². The second-order valence-electron chi connectivity index (χ2n) is 4.41. The van der Waals surface area contributed by atoms with Crippen LogP contribution in [0.2, 0.25) is 0 Å². The summed E-state index contributed by atoms with van der Waals surface area (Å²) in [7, 11) is 0. The van der Waals surface area contributed by atoms with E-state index >= 15 is 0 Å². The van der Waals surface area contributed by atoms with Crippen LogP contribution < -0.4 is 4.90 Å². The minimum Gasteiger partial charge on any atom is -0.478 e. The van der Waals surface area contributed by atoms with Crippen molar-refractivity contribution >= 4 is 17.3 Å². The fraction of sp³-hybridized carbons (Fsp3) is 0.417. The largest absolute Gasteiger partial charge is 0.478 e. The molecule has 6 heteroatoms. The SMILES string of the molecule is Cc1cc(N2CCCC2)c([N+](=O)[O-])cc1C(=O)O. The quantitative estimate of drug-likeness (QED) is 0.656. The molecule has 1 aliphatic heterocycles. The molecule has 1 aliphatic rings. The van der Waals surface area contributed by atoms with E-state index in [1.165, 1.54) is 0 Å². The highest BCUT2D eigenvalue weighted by molar-refractivity contribution is 5.91. The monoisotopic (exact) mass is 250 g/mol. The summed E-state index contributed by atoms with van der Waals surface area (Å²) in [5.41, 5.74) is 0.944. The van der Waals surface area contributed by atoms with Gasteiger partial charge < -0.3 is 10.0 Å². The number of hydrogen-bond acceptors (Lipinski definition) is 4. The first kappa shape index (κ1) is 12.3. The van der Waals surface area contributed by atoms with Crippen molar-refractivity contribution in [2.75, 3.05) is 18.0 Å². The summed E-state index contributed by atoms with van der Waals surface area (Å²) < 4.78 is 0. The van der Waals surface area contributed by atoms with Crippen LogP contribution in [0.1, 0.15) is 28.8 Å². The molecule has 1 saturated heterocycles. The number of anilines is 1. The van der Waals surface area contributed by atoms with Crippen LogP contribution in [0.4, 0.5) is 11.4 Å². The lowest BCUT2D eigenvalue weighted by atomic mass is 10.1. The van der Waals surface area contributed by atoms with Crippen LogP contribution in [0.25, 0.3) is 0 Å². The van der Waals surface area contributed by atoms with Gasteiger partial charge in [0.25, 0.3) is 5.69 Å². The third-order valence-electron chi connectivity index (χ3n) is 3.20. The summed E-state index contributed by atoms with van der Waals surface area (Å²) in [4.78, 5) is 23.5. The van der Waals surface area contributed by atoms with E-state index in [1.54, 1.807) is 13.0 Å². The van der Waals surface area contributed by atoms with Crippen molar-refractivity contribution in [1.29, 1.82) is 0 Å². The first-order chi connectivity index (χ1) is 8.50. The highest BCUT2D eigenvalue weighted by Crippen LogP contribution is 2.33. The van der Waals surface area contributed by atoms with Gasteiger partial charge in [-0.1, -0.05) is 0 Å². The van der Waals surface area contributed by atoms with Crippen molar-refractivity contribution < 1.29 is 14.8 Å². The van der Waals surface area contributed by atoms with E-state index < -0.39 is 10.9 Å². The molecule has 0 amide bonds. The number of aromatic carboxylic acids is 1. The molecule has 0 saturated carbocycles. The van der Waals surface area contributed by atoms with Crippen LogP contribution in [-0.4, -0.2) is 29.1 Å². The van der Waals surface area contributed by atoms with E-state index in [1.807, 2.05) is 4.90 Å². The van der Waals surface area contributed by atoms with Gasteiger partial charge in [0.2, 0.25) is 0 Å². The number of nitro groups is 1. The predicted molar refractivity (Wildman–Crippen MR) is 66.2 cm³/mol. The molecule has 0 aliphatic carbocycles. The maximum absolute atomic E-state index is 11.1. The van der Waals surface area contributed by atoms with E-state index in [0.717, 1.165) is 32.0 Å². The minimum absolute atomic E-state index is 0.00959. The number of nitro benzene ring substituents is 1. The van der Waals surface area contributed by atoms with Crippen LogP contribution in [0, 0.1) is 17.0 Å². The zero-order chi connectivity index (χ0) is 13.3. The Morgan fingerprint density at radius 2 is 2.00 bits per heavy atom. The molecule has 0 bridgehead atoms. The molecule has 0 spiro atoms. The summed E-state index contributed by atoms with van der Waals surface area (Å²) in [6.07, 6.45) is 2.02. The molecule has 0 radical (unpaired) electrons. The zero-order valence-corrected chi connectivity index (χ0v) is 10.0. The number of aryl methyl sites for hydroxylation is 1. The highest BCUT2D eigenvalue weighted by Gasteiger charge is 2.25. The summed E-state index contributed by atoms with van der Waals surface area (Å²) >= 11 is 0. The second-order valence-corrected chi connectivity index (χ2v) is 4.41. The van der Waals surface area contributed by atoms with Crippen molar-refractivity contribution in [2.24, 2.45) is 0 Å². The Bertz CT molecular complexity index is 507. The summed E-state index contributed by atoms with van der Waals surface area (Å²) in [6.45, 7) is 3.23. The molecule has 6 nitrogen and oxygen atoms in total. The third-order valence-corrected chi connectivity index (χ3v) is 3.20. The van der Waals surface area contributed by atoms with Gasteiger partial charge in [-0.05, 0) is 31.4 Å². The maximum atomic E-state index is 11.1. The van der Waals surface area contributed by atoms with Gasteiger partial charge in [0.1, 0.15) is 5.69 Å². The molecule has 1 N–H and O–H groups in total. The van der Waals surface area contributed by atoms with Gasteiger partial charge in [0.05, 0.1) is 10.5 Å². The average molecular weight is 250 g/mol. The van der Waals surface area contributed by atoms with E-state index in [-0.39, 0.29) is 11.3 Å². The van der Waals surface area contributed by atoms with Gasteiger partial charge in [0.15, 0.2) is 0 Å². The molecule has 1 heterocycles. The molecule has 1 aromatic rings. The van der Waals surface area contributed by atoms with Crippen LogP contribution in [0.3, 0.4) is 0 Å². The second kappa shape index (κ2) is 4.64. The van der Waals surface area contributed by atoms with Crippen molar-refractivity contribution in [1.82, 2.24) is 0 Å². The highest BCUT2D eigenvalue weighted by atomic mass is 16.6. The first-order valence-electron chi connectivity index (χ1n) is 5.78. The molecule has 96 valence electrons. The lowest BCUT2D eigenvalue weighted by Crippen LogP contribution is -2.19. The fourth-order valence-corrected chi connectivity index (χ4v) is 2.27. The van der Waals surface area contributed by atoms with E-state index in [4.69, 9.17) is 5.11 Å². The maximum Gasteiger partial charge on any atom is 0.336 e. The van der Waals surface area contributed by atoms with Gasteiger partial charge >= 0.3 is 5.97 Å². The normalized spacial score (nSPS) is 14.8. The Morgan fingerprint density at radius 1 is 1.39 bits per heavy atom. The topological polar surface area (TPSA) is 83.7 Å². The van der Waals surface area contributed by atoms with Gasteiger partial charge in [-0.2, -0.15) is 0 Å². The van der Waals surface area contributed by atoms with Gasteiger partial charge in [-0.3, -0.25) is 10.1 Å².